The number of amides is 1. The summed E-state index contributed by atoms with van der Waals surface area (Å²) in [5.74, 6) is -2.88. The Kier molecular flexibility index (Phi) is 4.36. The Morgan fingerprint density at radius 2 is 2.09 bits per heavy atom. The predicted molar refractivity (Wildman–Crippen MR) is 75.9 cm³/mol. The summed E-state index contributed by atoms with van der Waals surface area (Å²) >= 11 is 0. The Morgan fingerprint density at radius 3 is 2.68 bits per heavy atom. The van der Waals surface area contributed by atoms with Crippen LogP contribution in [0.15, 0.2) is 11.0 Å². The molecule has 0 aliphatic carbocycles. The van der Waals surface area contributed by atoms with Crippen LogP contribution in [0.25, 0.3) is 0 Å². The number of aromatic nitrogens is 1. The van der Waals surface area contributed by atoms with E-state index in [1.165, 1.54) is 14.6 Å². The van der Waals surface area contributed by atoms with Crippen LogP contribution in [-0.4, -0.2) is 65.1 Å². The maximum absolute atomic E-state index is 12.4. The molecule has 9 nitrogen and oxygen atoms in total. The van der Waals surface area contributed by atoms with Gasteiger partial charge in [-0.05, 0) is 6.92 Å². The average molecular weight is 311 g/mol. The van der Waals surface area contributed by atoms with Gasteiger partial charge in [0, 0.05) is 26.4 Å². The number of nitrogens with zero attached hydrogens (tertiary/aromatic N) is 3. The molecule has 22 heavy (non-hydrogen) atoms. The van der Waals surface area contributed by atoms with Crippen LogP contribution in [0.4, 0.5) is 0 Å². The summed E-state index contributed by atoms with van der Waals surface area (Å²) in [6.45, 7) is 3.15. The Balaban J connectivity index is 2.45. The number of carboxylic acids is 1. The molecule has 0 fully saturated rings. The van der Waals surface area contributed by atoms with Crippen LogP contribution in [0.2, 0.25) is 0 Å². The van der Waals surface area contributed by atoms with Gasteiger partial charge in [-0.25, -0.2) is 4.79 Å². The Bertz CT molecular complexity index is 668. The van der Waals surface area contributed by atoms with Crippen LogP contribution in [0.1, 0.15) is 27.8 Å². The van der Waals surface area contributed by atoms with Gasteiger partial charge >= 0.3 is 5.97 Å². The first kappa shape index (κ1) is 15.8. The van der Waals surface area contributed by atoms with E-state index in [0.29, 0.717) is 19.8 Å². The van der Waals surface area contributed by atoms with Gasteiger partial charge < -0.3 is 19.8 Å². The van der Waals surface area contributed by atoms with Gasteiger partial charge in [0.05, 0.1) is 6.61 Å². The molecule has 0 saturated carbocycles. The third-order valence-electron chi connectivity index (χ3n) is 3.34. The normalized spacial score (nSPS) is 14.2. The fourth-order valence-electron chi connectivity index (χ4n) is 2.23. The maximum Gasteiger partial charge on any atom is 0.341 e. The molecule has 1 aliphatic heterocycles. The number of fused-ring (bicyclic) bond motifs is 1. The highest BCUT2D eigenvalue weighted by Crippen LogP contribution is 2.20. The van der Waals surface area contributed by atoms with Crippen LogP contribution in [0.5, 0.6) is 5.75 Å². The van der Waals surface area contributed by atoms with E-state index in [2.05, 4.69) is 0 Å². The smallest absolute Gasteiger partial charge is 0.341 e. The van der Waals surface area contributed by atoms with E-state index < -0.39 is 28.6 Å². The fraction of sp³-hybridized carbons (Fsp3) is 0.462. The molecule has 0 spiro atoms. The van der Waals surface area contributed by atoms with Crippen molar-refractivity contribution >= 4 is 11.9 Å². The molecule has 0 radical (unpaired) electrons. The molecule has 9 heteroatoms. The number of carbonyl (C=O) groups is 2. The lowest BCUT2D eigenvalue weighted by Crippen LogP contribution is -2.53. The summed E-state index contributed by atoms with van der Waals surface area (Å²) in [5, 5.41) is 20.5. The van der Waals surface area contributed by atoms with E-state index in [1.807, 2.05) is 6.92 Å². The quantitative estimate of drug-likeness (QED) is 0.689. The highest BCUT2D eigenvalue weighted by atomic mass is 16.5. The van der Waals surface area contributed by atoms with Crippen LogP contribution in [0.3, 0.4) is 0 Å². The summed E-state index contributed by atoms with van der Waals surface area (Å²) in [7, 11) is 1.61. The van der Waals surface area contributed by atoms with Gasteiger partial charge in [0.1, 0.15) is 12.2 Å². The molecule has 0 atom stereocenters. The van der Waals surface area contributed by atoms with Gasteiger partial charge in [-0.15, -0.1) is 0 Å². The maximum atomic E-state index is 12.4. The first-order chi connectivity index (χ1) is 10.4. The number of aromatic carboxylic acids is 1. The zero-order valence-electron chi connectivity index (χ0n) is 12.3. The number of hydrogen-bond donors (Lipinski definition) is 2. The van der Waals surface area contributed by atoms with Crippen LogP contribution >= 0.6 is 0 Å². The number of rotatable bonds is 5. The SMILES string of the molecule is CCOCCN1CN(C)n2cc(C(=O)O)c(=O)c(O)c2C1=O. The Morgan fingerprint density at radius 1 is 1.41 bits per heavy atom. The first-order valence-corrected chi connectivity index (χ1v) is 6.68. The summed E-state index contributed by atoms with van der Waals surface area (Å²) in [6, 6.07) is 0. The van der Waals surface area contributed by atoms with Crippen LogP contribution in [0, 0.1) is 0 Å². The number of carboxylic acid groups (broad SMARTS) is 1. The minimum Gasteiger partial charge on any atom is -0.502 e. The molecule has 120 valence electrons. The van der Waals surface area contributed by atoms with Gasteiger partial charge in [-0.1, -0.05) is 0 Å². The van der Waals surface area contributed by atoms with Crippen LogP contribution in [-0.2, 0) is 4.74 Å². The number of ether oxygens (including phenoxy) is 1. The molecule has 1 aromatic rings. The van der Waals surface area contributed by atoms with Crippen molar-refractivity contribution in [2.75, 3.05) is 38.5 Å². The largest absolute Gasteiger partial charge is 0.502 e. The third-order valence-corrected chi connectivity index (χ3v) is 3.34. The minimum atomic E-state index is -1.46. The van der Waals surface area contributed by atoms with E-state index >= 15 is 0 Å². The van der Waals surface area contributed by atoms with E-state index in [9.17, 15) is 19.5 Å². The molecular weight excluding hydrogens is 294 g/mol. The molecule has 0 aromatic carbocycles. The summed E-state index contributed by atoms with van der Waals surface area (Å²) in [4.78, 5) is 36.7. The molecule has 2 rings (SSSR count). The molecule has 1 amide bonds. The standard InChI is InChI=1S/C13H17N3O6/c1-3-22-5-4-15-7-14(2)16-6-8(13(20)21)10(17)11(18)9(16)12(15)19/h6,18H,3-5,7H2,1-2H3,(H,20,21). The van der Waals surface area contributed by atoms with Crippen LogP contribution < -0.4 is 10.4 Å². The summed E-state index contributed by atoms with van der Waals surface area (Å²) in [6.07, 6.45) is 1.04. The molecule has 1 aromatic heterocycles. The second-order valence-electron chi connectivity index (χ2n) is 4.78. The van der Waals surface area contributed by atoms with Gasteiger partial charge in [0.15, 0.2) is 11.4 Å². The second kappa shape index (κ2) is 6.06. The molecule has 2 N–H and O–H groups in total. The molecule has 2 heterocycles. The molecule has 0 bridgehead atoms. The predicted octanol–water partition coefficient (Wildman–Crippen LogP) is -0.730. The monoisotopic (exact) mass is 311 g/mol. The number of aromatic hydroxyl groups is 1. The van der Waals surface area contributed by atoms with Crippen molar-refractivity contribution in [1.82, 2.24) is 9.58 Å². The first-order valence-electron chi connectivity index (χ1n) is 6.68. The minimum absolute atomic E-state index is 0.181. The van der Waals surface area contributed by atoms with Crippen molar-refractivity contribution < 1.29 is 24.5 Å². The van der Waals surface area contributed by atoms with E-state index in [-0.39, 0.29) is 12.4 Å². The lowest BCUT2D eigenvalue weighted by atomic mass is 10.2. The Hall–Kier alpha value is -2.55. The van der Waals surface area contributed by atoms with Crippen molar-refractivity contribution in [1.29, 1.82) is 0 Å². The van der Waals surface area contributed by atoms with E-state index in [4.69, 9.17) is 9.84 Å². The molecule has 1 aliphatic rings. The highest BCUT2D eigenvalue weighted by molar-refractivity contribution is 5.97. The van der Waals surface area contributed by atoms with Crippen molar-refractivity contribution in [3.8, 4) is 5.75 Å². The highest BCUT2D eigenvalue weighted by Gasteiger charge is 2.32. The number of hydrogen-bond acceptors (Lipinski definition) is 6. The van der Waals surface area contributed by atoms with Gasteiger partial charge in [0.2, 0.25) is 5.43 Å². The summed E-state index contributed by atoms with van der Waals surface area (Å²) in [5.41, 5.74) is -1.92. The topological polar surface area (TPSA) is 112 Å². The van der Waals surface area contributed by atoms with E-state index in [0.717, 1.165) is 6.20 Å². The number of pyridine rings is 1. The Labute approximate surface area is 125 Å². The van der Waals surface area contributed by atoms with Gasteiger partial charge in [-0.3, -0.25) is 19.3 Å². The zero-order chi connectivity index (χ0) is 16.4. The number of carbonyl (C=O) groups excluding carboxylic acids is 1. The molecular formula is C13H17N3O6. The average Bonchev–Trinajstić information content (AvgIpc) is 2.46. The molecule has 0 saturated heterocycles. The lowest BCUT2D eigenvalue weighted by Gasteiger charge is -2.37. The molecule has 0 unspecified atom stereocenters. The van der Waals surface area contributed by atoms with Crippen molar-refractivity contribution in [2.45, 2.75) is 6.92 Å². The fourth-order valence-corrected chi connectivity index (χ4v) is 2.23. The summed E-state index contributed by atoms with van der Waals surface area (Å²) < 4.78 is 6.37. The van der Waals surface area contributed by atoms with Crippen molar-refractivity contribution in [3.05, 3.63) is 27.7 Å². The van der Waals surface area contributed by atoms with Crippen molar-refractivity contribution in [2.24, 2.45) is 0 Å². The zero-order valence-corrected chi connectivity index (χ0v) is 12.3. The van der Waals surface area contributed by atoms with Gasteiger partial charge in [-0.2, -0.15) is 0 Å². The second-order valence-corrected chi connectivity index (χ2v) is 4.78. The van der Waals surface area contributed by atoms with Crippen molar-refractivity contribution in [3.63, 3.8) is 0 Å². The third kappa shape index (κ3) is 2.62. The van der Waals surface area contributed by atoms with E-state index in [1.54, 1.807) is 7.05 Å². The van der Waals surface area contributed by atoms with Gasteiger partial charge in [0.25, 0.3) is 5.91 Å². The lowest BCUT2D eigenvalue weighted by molar-refractivity contribution is 0.0588.